The molecule has 14 aromatic rings. The number of benzene rings is 12. The van der Waals surface area contributed by atoms with Gasteiger partial charge in [-0.3, -0.25) is 0 Å². The fourth-order valence-corrected chi connectivity index (χ4v) is 16.1. The highest BCUT2D eigenvalue weighted by Gasteiger charge is 2.54. The predicted molar refractivity (Wildman–Crippen MR) is 359 cm³/mol. The third kappa shape index (κ3) is 7.07. The van der Waals surface area contributed by atoms with Gasteiger partial charge < -0.3 is 4.42 Å². The van der Waals surface area contributed by atoms with E-state index in [9.17, 15) is 0 Å². The van der Waals surface area contributed by atoms with Gasteiger partial charge in [0.05, 0.1) is 33.3 Å². The maximum Gasteiger partial charge on any atom is 0.248 e. The van der Waals surface area contributed by atoms with Crippen molar-refractivity contribution >= 4 is 16.6 Å². The van der Waals surface area contributed by atoms with E-state index < -0.39 is 10.8 Å². The number of fused-ring (bicyclic) bond motifs is 20. The zero-order chi connectivity index (χ0) is 58.4. The van der Waals surface area contributed by atoms with Gasteiger partial charge in [0, 0.05) is 22.3 Å². The monoisotopic (exact) mass is 1130 g/mol. The van der Waals surface area contributed by atoms with Crippen molar-refractivity contribution in [2.24, 2.45) is 0 Å². The molecular formula is C84H52N4O. The lowest BCUT2D eigenvalue weighted by Gasteiger charge is -2.33. The summed E-state index contributed by atoms with van der Waals surface area (Å²) in [6, 6.07) is 102. The third-order valence-corrected chi connectivity index (χ3v) is 19.8. The molecule has 5 aliphatic carbocycles. The molecule has 1 unspecified atom stereocenters. The molecular weight excluding hydrogens is 1080 g/mol. The Bertz CT molecular complexity index is 5300. The molecule has 2 spiro atoms. The Morgan fingerprint density at radius 3 is 1.15 bits per heavy atom. The lowest BCUT2D eigenvalue weighted by atomic mass is 9.68. The van der Waals surface area contributed by atoms with Gasteiger partial charge in [0.1, 0.15) is 0 Å². The number of rotatable bonds is 7. The Hall–Kier alpha value is -11.4. The summed E-state index contributed by atoms with van der Waals surface area (Å²) in [5.74, 6) is 0.979. The average Bonchev–Trinajstić information content (AvgIpc) is 1.53. The van der Waals surface area contributed by atoms with Crippen LogP contribution in [0.15, 0.2) is 301 Å². The van der Waals surface area contributed by atoms with Crippen LogP contribution in [0.25, 0.3) is 129 Å². The second-order valence-corrected chi connectivity index (χ2v) is 24.2. The Labute approximate surface area is 515 Å². The van der Waals surface area contributed by atoms with Gasteiger partial charge >= 0.3 is 0 Å². The first-order chi connectivity index (χ1) is 44.1. The molecule has 2 aromatic heterocycles. The number of nitrogens with zero attached hydrogens (tertiary/aromatic N) is 4. The minimum Gasteiger partial charge on any atom is -0.416 e. The van der Waals surface area contributed by atoms with Crippen LogP contribution in [0.4, 0.5) is 0 Å². The maximum absolute atomic E-state index is 6.11. The number of hydrogen-bond acceptors (Lipinski definition) is 5. The van der Waals surface area contributed by atoms with Crippen molar-refractivity contribution in [3.05, 3.63) is 341 Å². The largest absolute Gasteiger partial charge is 0.416 e. The van der Waals surface area contributed by atoms with Crippen LogP contribution in [0, 0.1) is 0 Å². The van der Waals surface area contributed by atoms with E-state index >= 15 is 0 Å². The highest BCUT2D eigenvalue weighted by atomic mass is 16.4. The zero-order valence-corrected chi connectivity index (χ0v) is 48.3. The minimum atomic E-state index is -0.510. The average molecular weight is 1130 g/mol. The molecule has 0 saturated heterocycles. The van der Waals surface area contributed by atoms with E-state index in [1.54, 1.807) is 0 Å². The Morgan fingerprint density at radius 2 is 0.640 bits per heavy atom. The molecule has 0 bridgehead atoms. The third-order valence-electron chi connectivity index (χ3n) is 19.8. The molecule has 0 fully saturated rings. The van der Waals surface area contributed by atoms with Crippen molar-refractivity contribution in [1.82, 2.24) is 20.2 Å². The topological polar surface area (TPSA) is 64.7 Å². The lowest BCUT2D eigenvalue weighted by molar-refractivity contribution is 0.584. The van der Waals surface area contributed by atoms with E-state index in [4.69, 9.17) is 14.4 Å². The van der Waals surface area contributed by atoms with E-state index in [2.05, 4.69) is 259 Å². The van der Waals surface area contributed by atoms with Gasteiger partial charge in [-0.2, -0.15) is 0 Å². The fraction of sp³-hybridized carbons (Fsp3) is 0.0476. The van der Waals surface area contributed by atoms with Crippen molar-refractivity contribution in [3.63, 3.8) is 0 Å². The molecule has 0 amide bonds. The summed E-state index contributed by atoms with van der Waals surface area (Å²) in [7, 11) is 0. The first-order valence-electron chi connectivity index (χ1n) is 30.8. The summed E-state index contributed by atoms with van der Waals surface area (Å²) in [6.45, 7) is 0. The molecule has 414 valence electrons. The van der Waals surface area contributed by atoms with E-state index in [1.165, 1.54) is 89.0 Å². The van der Waals surface area contributed by atoms with Crippen LogP contribution in [0.5, 0.6) is 0 Å². The molecule has 0 N–H and O–H groups in total. The summed E-state index contributed by atoms with van der Waals surface area (Å²) in [4.78, 5) is 11.5. The number of allylic oxidation sites excluding steroid dienone is 4. The maximum atomic E-state index is 6.11. The van der Waals surface area contributed by atoms with Crippen molar-refractivity contribution < 1.29 is 4.42 Å². The smallest absolute Gasteiger partial charge is 0.248 e. The van der Waals surface area contributed by atoms with Crippen LogP contribution in [0.1, 0.15) is 57.3 Å². The van der Waals surface area contributed by atoms with Crippen LogP contribution in [0.2, 0.25) is 0 Å². The lowest BCUT2D eigenvalue weighted by Crippen LogP contribution is -2.27. The summed E-state index contributed by atoms with van der Waals surface area (Å²) < 4.78 is 6.11. The molecule has 19 rings (SSSR count). The van der Waals surface area contributed by atoms with Gasteiger partial charge in [-0.1, -0.05) is 243 Å². The zero-order valence-electron chi connectivity index (χ0n) is 48.3. The van der Waals surface area contributed by atoms with Crippen molar-refractivity contribution in [2.45, 2.75) is 23.7 Å². The van der Waals surface area contributed by atoms with Crippen LogP contribution < -0.4 is 0 Å². The molecule has 89 heavy (non-hydrogen) atoms. The minimum absolute atomic E-state index is 0.433. The van der Waals surface area contributed by atoms with Gasteiger partial charge in [0.15, 0.2) is 0 Å². The molecule has 5 nitrogen and oxygen atoms in total. The Morgan fingerprint density at radius 1 is 0.281 bits per heavy atom. The molecule has 5 aliphatic rings. The predicted octanol–water partition coefficient (Wildman–Crippen LogP) is 20.5. The number of aromatic nitrogens is 4. The van der Waals surface area contributed by atoms with Gasteiger partial charge in [-0.15, -0.1) is 10.2 Å². The second-order valence-electron chi connectivity index (χ2n) is 24.2. The molecule has 1 atom stereocenters. The summed E-state index contributed by atoms with van der Waals surface area (Å²) in [6.07, 6.45) is 6.77. The van der Waals surface area contributed by atoms with E-state index in [-0.39, 0.29) is 0 Å². The Balaban J connectivity index is 0.810. The highest BCUT2D eigenvalue weighted by Crippen LogP contribution is 2.66. The molecule has 0 saturated carbocycles. The molecule has 0 aliphatic heterocycles. The molecule has 2 heterocycles. The van der Waals surface area contributed by atoms with Crippen LogP contribution in [0.3, 0.4) is 0 Å². The van der Waals surface area contributed by atoms with Crippen molar-refractivity contribution in [2.75, 3.05) is 0 Å². The first-order valence-corrected chi connectivity index (χ1v) is 30.8. The van der Waals surface area contributed by atoms with E-state index in [1.807, 2.05) is 42.5 Å². The molecule has 0 radical (unpaired) electrons. The summed E-state index contributed by atoms with van der Waals surface area (Å²) in [5.41, 5.74) is 34.0. The van der Waals surface area contributed by atoms with Gasteiger partial charge in [0.2, 0.25) is 11.8 Å². The van der Waals surface area contributed by atoms with Gasteiger partial charge in [-0.25, -0.2) is 9.97 Å². The summed E-state index contributed by atoms with van der Waals surface area (Å²) in [5, 5.41) is 8.71. The first kappa shape index (κ1) is 49.8. The standard InChI is InChI=1S/C84H52N4O/c1-3-19-53(20-4-1)79-80(54-39-35-51(36-40-54)52-37-41-56(42-38-52)82-88-87-81(89-82)55-21-5-2-6-22-55)86-78-50-68(58-44-46-66-64-28-12-18-34-74(64)84(76(66)48-58)71-31-15-9-25-61(71)62-26-10-16-32-72(62)84)67(49-77(78)85-79)57-43-45-65-63-27-11-17-33-73(63)83(75(65)47-57)69-29-13-7-23-59(69)60-24-8-14-30-70(60)83/h1-15,17-31,33-50H,16,32H2. The normalized spacial score (nSPS) is 15.6. The van der Waals surface area contributed by atoms with Crippen molar-refractivity contribution in [1.29, 1.82) is 0 Å². The van der Waals surface area contributed by atoms with Crippen LogP contribution in [-0.2, 0) is 10.8 Å². The number of hydrogen-bond donors (Lipinski definition) is 0. The van der Waals surface area contributed by atoms with E-state index in [0.717, 1.165) is 90.9 Å². The summed E-state index contributed by atoms with van der Waals surface area (Å²) >= 11 is 0. The fourth-order valence-electron chi connectivity index (χ4n) is 16.1. The second kappa shape index (κ2) is 19.0. The van der Waals surface area contributed by atoms with Crippen molar-refractivity contribution in [3.8, 4) is 112 Å². The van der Waals surface area contributed by atoms with E-state index in [0.29, 0.717) is 11.8 Å². The molecule has 12 aromatic carbocycles. The van der Waals surface area contributed by atoms with Gasteiger partial charge in [0.25, 0.3) is 0 Å². The molecule has 5 heteroatoms. The van der Waals surface area contributed by atoms with Gasteiger partial charge in [-0.05, 0) is 184 Å². The van der Waals surface area contributed by atoms with Crippen LogP contribution in [-0.4, -0.2) is 20.2 Å². The highest BCUT2D eigenvalue weighted by molar-refractivity contribution is 6.02. The quantitative estimate of drug-likeness (QED) is 0.159. The SMILES string of the molecule is C1=CC2=C(CC1)C1(c3ccccc32)c2ccccc2-c2ccc(-c3cc4nc(-c5ccc(-c6ccc(-c7nnc(-c8ccccc8)o7)cc6)cc5)c(-c5ccccc5)nc4cc3-c3ccc4c(c3)C3(c5ccccc5-c5ccccc53)c3ccccc3-4)cc21. The van der Waals surface area contributed by atoms with Crippen LogP contribution >= 0.6 is 0 Å². The Kier molecular flexibility index (Phi) is 10.7.